The summed E-state index contributed by atoms with van der Waals surface area (Å²) in [6.07, 6.45) is 4.44. The van der Waals surface area contributed by atoms with E-state index in [1.807, 2.05) is 13.8 Å². The molecular formula is C17H30N2O6. The van der Waals surface area contributed by atoms with Crippen LogP contribution >= 0.6 is 0 Å². The Labute approximate surface area is 148 Å². The first kappa shape index (κ1) is 20.1. The predicted octanol–water partition coefficient (Wildman–Crippen LogP) is 0.694. The standard InChI is InChI=1S/C17H30N2O6/c1-3-22-14(23-4-2)11-19-16(21)15(20)18-10-13-12-24-17(25-13)8-6-5-7-9-17/h13-14H,3-12H2,1-2H3,(H,18,20)(H,19,21)/t13-/m1/s1. The lowest BCUT2D eigenvalue weighted by atomic mass is 9.94. The molecule has 1 heterocycles. The zero-order chi connectivity index (χ0) is 18.1. The second kappa shape index (κ2) is 10.1. The molecule has 1 aliphatic heterocycles. The predicted molar refractivity (Wildman–Crippen MR) is 89.7 cm³/mol. The van der Waals surface area contributed by atoms with Crippen LogP contribution in [-0.2, 0) is 28.5 Å². The third-order valence-electron chi connectivity index (χ3n) is 4.36. The smallest absolute Gasteiger partial charge is 0.309 e. The molecule has 0 unspecified atom stereocenters. The van der Waals surface area contributed by atoms with E-state index in [1.165, 1.54) is 6.42 Å². The van der Waals surface area contributed by atoms with Crippen LogP contribution in [0.3, 0.4) is 0 Å². The van der Waals surface area contributed by atoms with Gasteiger partial charge < -0.3 is 29.6 Å². The molecule has 2 N–H and O–H groups in total. The summed E-state index contributed by atoms with van der Waals surface area (Å²) in [5, 5.41) is 5.11. The van der Waals surface area contributed by atoms with Crippen molar-refractivity contribution in [1.29, 1.82) is 0 Å². The average Bonchev–Trinajstić information content (AvgIpc) is 3.00. The van der Waals surface area contributed by atoms with Crippen LogP contribution in [0.25, 0.3) is 0 Å². The Bertz CT molecular complexity index is 433. The first-order chi connectivity index (χ1) is 12.1. The van der Waals surface area contributed by atoms with E-state index in [0.29, 0.717) is 19.8 Å². The van der Waals surface area contributed by atoms with E-state index >= 15 is 0 Å². The molecule has 2 fully saturated rings. The van der Waals surface area contributed by atoms with Crippen LogP contribution in [0, 0.1) is 0 Å². The highest BCUT2D eigenvalue weighted by Gasteiger charge is 2.42. The largest absolute Gasteiger partial charge is 0.351 e. The summed E-state index contributed by atoms with van der Waals surface area (Å²) in [6, 6.07) is 0. The molecule has 0 aromatic heterocycles. The SMILES string of the molecule is CCOC(CNC(=O)C(=O)NC[C@@H]1COC2(CCCCC2)O1)OCC. The van der Waals surface area contributed by atoms with Gasteiger partial charge in [0.15, 0.2) is 12.1 Å². The lowest BCUT2D eigenvalue weighted by Crippen LogP contribution is -2.46. The lowest BCUT2D eigenvalue weighted by molar-refractivity contribution is -0.186. The molecule has 25 heavy (non-hydrogen) atoms. The molecule has 8 heteroatoms. The first-order valence-corrected chi connectivity index (χ1v) is 9.19. The molecule has 2 amide bonds. The minimum Gasteiger partial charge on any atom is -0.351 e. The molecule has 1 saturated carbocycles. The summed E-state index contributed by atoms with van der Waals surface area (Å²) in [6.45, 7) is 5.43. The van der Waals surface area contributed by atoms with Gasteiger partial charge in [-0.1, -0.05) is 6.42 Å². The highest BCUT2D eigenvalue weighted by molar-refractivity contribution is 6.35. The van der Waals surface area contributed by atoms with Crippen molar-refractivity contribution in [2.45, 2.75) is 64.1 Å². The summed E-state index contributed by atoms with van der Waals surface area (Å²) < 4.78 is 22.4. The van der Waals surface area contributed by atoms with Gasteiger partial charge in [0.05, 0.1) is 13.2 Å². The van der Waals surface area contributed by atoms with Crippen LogP contribution in [0.5, 0.6) is 0 Å². The van der Waals surface area contributed by atoms with Crippen LogP contribution in [0.15, 0.2) is 0 Å². The quantitative estimate of drug-likeness (QED) is 0.490. The van der Waals surface area contributed by atoms with Gasteiger partial charge in [0.25, 0.3) is 0 Å². The molecule has 1 atom stereocenters. The molecule has 2 aliphatic rings. The van der Waals surface area contributed by atoms with E-state index in [4.69, 9.17) is 18.9 Å². The van der Waals surface area contributed by atoms with Gasteiger partial charge in [-0.3, -0.25) is 9.59 Å². The molecule has 0 aromatic rings. The van der Waals surface area contributed by atoms with Gasteiger partial charge in [-0.2, -0.15) is 0 Å². The van der Waals surface area contributed by atoms with Gasteiger partial charge in [-0.05, 0) is 26.7 Å². The number of carbonyl (C=O) groups excluding carboxylic acids is 2. The number of hydrogen-bond donors (Lipinski definition) is 2. The maximum Gasteiger partial charge on any atom is 0.309 e. The Morgan fingerprint density at radius 1 is 1.08 bits per heavy atom. The zero-order valence-corrected chi connectivity index (χ0v) is 15.2. The molecule has 1 saturated heterocycles. The maximum absolute atomic E-state index is 11.9. The lowest BCUT2D eigenvalue weighted by Gasteiger charge is -2.31. The van der Waals surface area contributed by atoms with E-state index in [2.05, 4.69) is 10.6 Å². The van der Waals surface area contributed by atoms with Crippen LogP contribution in [0.4, 0.5) is 0 Å². The van der Waals surface area contributed by atoms with Gasteiger partial charge >= 0.3 is 11.8 Å². The number of ether oxygens (including phenoxy) is 4. The number of hydrogen-bond acceptors (Lipinski definition) is 6. The molecule has 8 nitrogen and oxygen atoms in total. The summed E-state index contributed by atoms with van der Waals surface area (Å²) >= 11 is 0. The summed E-state index contributed by atoms with van der Waals surface area (Å²) in [7, 11) is 0. The van der Waals surface area contributed by atoms with E-state index in [1.54, 1.807) is 0 Å². The molecule has 0 aromatic carbocycles. The van der Waals surface area contributed by atoms with Crippen molar-refractivity contribution in [1.82, 2.24) is 10.6 Å². The summed E-state index contributed by atoms with van der Waals surface area (Å²) in [5.74, 6) is -1.88. The van der Waals surface area contributed by atoms with Crippen molar-refractivity contribution in [2.24, 2.45) is 0 Å². The Kier molecular flexibility index (Phi) is 8.08. The molecule has 1 aliphatic carbocycles. The average molecular weight is 358 g/mol. The van der Waals surface area contributed by atoms with E-state index < -0.39 is 23.9 Å². The van der Waals surface area contributed by atoms with Crippen molar-refractivity contribution in [2.75, 3.05) is 32.9 Å². The third-order valence-corrected chi connectivity index (χ3v) is 4.36. The fraction of sp³-hybridized carbons (Fsp3) is 0.882. The Balaban J connectivity index is 1.66. The highest BCUT2D eigenvalue weighted by atomic mass is 16.7. The number of carbonyl (C=O) groups is 2. The van der Waals surface area contributed by atoms with Crippen molar-refractivity contribution in [3.05, 3.63) is 0 Å². The molecule has 1 spiro atoms. The molecular weight excluding hydrogens is 328 g/mol. The Hall–Kier alpha value is -1.22. The van der Waals surface area contributed by atoms with Crippen LogP contribution < -0.4 is 10.6 Å². The molecule has 144 valence electrons. The van der Waals surface area contributed by atoms with Crippen molar-refractivity contribution >= 4 is 11.8 Å². The maximum atomic E-state index is 11.9. The first-order valence-electron chi connectivity index (χ1n) is 9.19. The van der Waals surface area contributed by atoms with E-state index in [0.717, 1.165) is 25.7 Å². The monoisotopic (exact) mass is 358 g/mol. The van der Waals surface area contributed by atoms with Gasteiger partial charge in [0, 0.05) is 32.6 Å². The van der Waals surface area contributed by atoms with E-state index in [9.17, 15) is 9.59 Å². The van der Waals surface area contributed by atoms with Gasteiger partial charge in [-0.25, -0.2) is 0 Å². The minimum atomic E-state index is -0.712. The highest BCUT2D eigenvalue weighted by Crippen LogP contribution is 2.37. The number of amides is 2. The fourth-order valence-electron chi connectivity index (χ4n) is 3.15. The van der Waals surface area contributed by atoms with Crippen molar-refractivity contribution < 1.29 is 28.5 Å². The fourth-order valence-corrected chi connectivity index (χ4v) is 3.15. The second-order valence-corrected chi connectivity index (χ2v) is 6.28. The van der Waals surface area contributed by atoms with Crippen LogP contribution in [0.1, 0.15) is 46.0 Å². The number of nitrogens with one attached hydrogen (secondary N) is 2. The van der Waals surface area contributed by atoms with Crippen molar-refractivity contribution in [3.8, 4) is 0 Å². The third kappa shape index (κ3) is 6.22. The van der Waals surface area contributed by atoms with Gasteiger partial charge in [0.1, 0.15) is 6.10 Å². The van der Waals surface area contributed by atoms with Crippen LogP contribution in [-0.4, -0.2) is 62.9 Å². The summed E-state index contributed by atoms with van der Waals surface area (Å²) in [4.78, 5) is 23.7. The second-order valence-electron chi connectivity index (χ2n) is 6.28. The minimum absolute atomic E-state index is 0.125. The zero-order valence-electron chi connectivity index (χ0n) is 15.2. The van der Waals surface area contributed by atoms with Gasteiger partial charge in [-0.15, -0.1) is 0 Å². The number of rotatable bonds is 8. The van der Waals surface area contributed by atoms with Crippen LogP contribution in [0.2, 0.25) is 0 Å². The van der Waals surface area contributed by atoms with Crippen molar-refractivity contribution in [3.63, 3.8) is 0 Å². The summed E-state index contributed by atoms with van der Waals surface area (Å²) in [5.41, 5.74) is 0. The van der Waals surface area contributed by atoms with E-state index in [-0.39, 0.29) is 19.2 Å². The molecule has 0 radical (unpaired) electrons. The molecule has 2 rings (SSSR count). The van der Waals surface area contributed by atoms with Gasteiger partial charge in [0.2, 0.25) is 0 Å². The normalized spacial score (nSPS) is 22.3. The Morgan fingerprint density at radius 3 is 2.36 bits per heavy atom. The Morgan fingerprint density at radius 2 is 1.72 bits per heavy atom. The molecule has 0 bridgehead atoms. The topological polar surface area (TPSA) is 95.1 Å².